The van der Waals surface area contributed by atoms with Crippen molar-refractivity contribution in [2.45, 2.75) is 64.2 Å². The van der Waals surface area contributed by atoms with Crippen LogP contribution >= 0.6 is 0 Å². The van der Waals surface area contributed by atoms with Crippen LogP contribution in [0, 0.1) is 11.8 Å². The molecule has 0 aromatic rings. The van der Waals surface area contributed by atoms with Crippen LogP contribution in [0.2, 0.25) is 0 Å². The van der Waals surface area contributed by atoms with Gasteiger partial charge in [0.1, 0.15) is 0 Å². The molecule has 0 aromatic heterocycles. The summed E-state index contributed by atoms with van der Waals surface area (Å²) in [5, 5.41) is 17.1. The van der Waals surface area contributed by atoms with Crippen molar-refractivity contribution in [3.63, 3.8) is 0 Å². The van der Waals surface area contributed by atoms with Gasteiger partial charge in [0.15, 0.2) is 0 Å². The van der Waals surface area contributed by atoms with Crippen LogP contribution in [-0.4, -0.2) is 49.5 Å². The molecule has 0 aromatic carbocycles. The number of hydrogen-bond donors (Lipinski definition) is 2. The largest absolute Gasteiger partial charge is 0.481 e. The summed E-state index contributed by atoms with van der Waals surface area (Å²) in [5.74, 6) is -1.26. The van der Waals surface area contributed by atoms with E-state index in [9.17, 15) is 9.59 Å². The molecule has 0 heterocycles. The van der Waals surface area contributed by atoms with Crippen LogP contribution in [0.25, 0.3) is 0 Å². The first kappa shape index (κ1) is 18.9. The molecule has 0 amide bonds. The van der Waals surface area contributed by atoms with E-state index in [0.29, 0.717) is 0 Å². The molecule has 2 aliphatic rings. The summed E-state index contributed by atoms with van der Waals surface area (Å²) < 4.78 is 0. The zero-order valence-corrected chi connectivity index (χ0v) is 15.3. The Morgan fingerprint density at radius 3 is 1.05 bits per heavy atom. The van der Waals surface area contributed by atoms with Gasteiger partial charge < -0.3 is 10.2 Å². The molecule has 2 aliphatic carbocycles. The van der Waals surface area contributed by atoms with Crippen molar-refractivity contribution in [2.75, 3.05) is 0 Å². The Labute approximate surface area is 135 Å². The molecule has 0 spiro atoms. The van der Waals surface area contributed by atoms with Crippen LogP contribution in [-0.2, 0) is 9.59 Å². The molecule has 0 unspecified atom stereocenters. The van der Waals surface area contributed by atoms with E-state index in [2.05, 4.69) is 0 Å². The fourth-order valence-corrected chi connectivity index (χ4v) is 2.70. The molecule has 0 aliphatic heterocycles. The van der Waals surface area contributed by atoms with Gasteiger partial charge in [-0.1, -0.05) is 38.5 Å². The minimum absolute atomic E-state index is 0. The van der Waals surface area contributed by atoms with E-state index in [4.69, 9.17) is 10.2 Å². The van der Waals surface area contributed by atoms with E-state index in [1.54, 1.807) is 0 Å². The standard InChI is InChI=1S/2C7H12O2.Pb/c2*8-7(9)6-4-2-1-3-5-6;/h2*6H,1-5H2,(H,8,9);. The first-order valence-electron chi connectivity index (χ1n) is 7.07. The average Bonchev–Trinajstić information content (AvgIpc) is 2.41. The fourth-order valence-electron chi connectivity index (χ4n) is 2.70. The Balaban J connectivity index is 0.000000324. The van der Waals surface area contributed by atoms with Crippen LogP contribution in [0.5, 0.6) is 0 Å². The second kappa shape index (κ2) is 10.6. The van der Waals surface area contributed by atoms with Crippen molar-refractivity contribution < 1.29 is 19.8 Å². The minimum atomic E-state index is -0.602. The van der Waals surface area contributed by atoms with E-state index in [1.165, 1.54) is 12.8 Å². The predicted molar refractivity (Wildman–Crippen MR) is 74.2 cm³/mol. The predicted octanol–water partition coefficient (Wildman–Crippen LogP) is 2.92. The maximum atomic E-state index is 10.4. The molecule has 0 saturated heterocycles. The number of hydrogen-bond acceptors (Lipinski definition) is 2. The third-order valence-corrected chi connectivity index (χ3v) is 3.91. The first-order chi connectivity index (χ1) is 8.61. The van der Waals surface area contributed by atoms with Gasteiger partial charge in [-0.25, -0.2) is 0 Å². The molecular formula is C14H24O4Pb. The zero-order chi connectivity index (χ0) is 13.4. The third-order valence-electron chi connectivity index (χ3n) is 3.91. The molecule has 2 N–H and O–H groups in total. The monoisotopic (exact) mass is 464 g/mol. The van der Waals surface area contributed by atoms with Crippen LogP contribution in [0.4, 0.5) is 0 Å². The van der Waals surface area contributed by atoms with Crippen molar-refractivity contribution in [2.24, 2.45) is 11.8 Å². The second-order valence-corrected chi connectivity index (χ2v) is 5.35. The molecule has 2 rings (SSSR count). The van der Waals surface area contributed by atoms with Gasteiger partial charge in [-0.2, -0.15) is 0 Å². The summed E-state index contributed by atoms with van der Waals surface area (Å²) in [6.07, 6.45) is 10.5. The van der Waals surface area contributed by atoms with Crippen molar-refractivity contribution in [1.82, 2.24) is 0 Å². The Kier molecular flexibility index (Phi) is 10.5. The molecule has 19 heavy (non-hydrogen) atoms. The van der Waals surface area contributed by atoms with E-state index in [-0.39, 0.29) is 39.1 Å². The quantitative estimate of drug-likeness (QED) is 0.618. The Bertz CT molecular complexity index is 241. The molecule has 2 saturated carbocycles. The molecule has 108 valence electrons. The topological polar surface area (TPSA) is 74.6 Å². The minimum Gasteiger partial charge on any atom is -0.481 e. The van der Waals surface area contributed by atoms with Crippen molar-refractivity contribution >= 4 is 39.2 Å². The summed E-state index contributed by atoms with van der Waals surface area (Å²) in [4.78, 5) is 20.7. The van der Waals surface area contributed by atoms with Gasteiger partial charge in [0.05, 0.1) is 11.8 Å². The van der Waals surface area contributed by atoms with Gasteiger partial charge in [-0.05, 0) is 25.7 Å². The fraction of sp³-hybridized carbons (Fsp3) is 0.857. The van der Waals surface area contributed by atoms with Gasteiger partial charge >= 0.3 is 11.9 Å². The molecule has 5 heteroatoms. The summed E-state index contributed by atoms with van der Waals surface area (Å²) in [6.45, 7) is 0. The Hall–Kier alpha value is -0.138. The zero-order valence-electron chi connectivity index (χ0n) is 11.4. The number of rotatable bonds is 2. The second-order valence-electron chi connectivity index (χ2n) is 5.35. The van der Waals surface area contributed by atoms with Crippen molar-refractivity contribution in [1.29, 1.82) is 0 Å². The van der Waals surface area contributed by atoms with Crippen molar-refractivity contribution in [3.8, 4) is 0 Å². The molecular weight excluding hydrogens is 439 g/mol. The van der Waals surface area contributed by atoms with Gasteiger partial charge in [0.25, 0.3) is 0 Å². The SMILES string of the molecule is O=C(O)C1CCCCC1.O=C(O)C1CCCCC1.[Pb]. The maximum Gasteiger partial charge on any atom is 0.306 e. The molecule has 0 bridgehead atoms. The van der Waals surface area contributed by atoms with Crippen molar-refractivity contribution in [3.05, 3.63) is 0 Å². The van der Waals surface area contributed by atoms with E-state index in [1.807, 2.05) is 0 Å². The molecule has 2 fully saturated rings. The molecule has 4 nitrogen and oxygen atoms in total. The number of carboxylic acids is 2. The maximum absolute atomic E-state index is 10.4. The first-order valence-corrected chi connectivity index (χ1v) is 7.07. The van der Waals surface area contributed by atoms with Gasteiger partial charge in [0, 0.05) is 27.3 Å². The van der Waals surface area contributed by atoms with Gasteiger partial charge in [-0.3, -0.25) is 9.59 Å². The van der Waals surface area contributed by atoms with Crippen LogP contribution in [0.15, 0.2) is 0 Å². The summed E-state index contributed by atoms with van der Waals surface area (Å²) in [5.41, 5.74) is 0. The van der Waals surface area contributed by atoms with Crippen LogP contribution in [0.1, 0.15) is 64.2 Å². The summed E-state index contributed by atoms with van der Waals surface area (Å²) in [6, 6.07) is 0. The normalized spacial score (nSPS) is 20.6. The number of aliphatic carboxylic acids is 2. The summed E-state index contributed by atoms with van der Waals surface area (Å²) in [7, 11) is 0. The molecule has 4 radical (unpaired) electrons. The third kappa shape index (κ3) is 7.89. The van der Waals surface area contributed by atoms with Crippen LogP contribution in [0.3, 0.4) is 0 Å². The smallest absolute Gasteiger partial charge is 0.306 e. The Morgan fingerprint density at radius 2 is 0.895 bits per heavy atom. The average molecular weight is 464 g/mol. The molecule has 0 atom stereocenters. The Morgan fingerprint density at radius 1 is 0.632 bits per heavy atom. The van der Waals surface area contributed by atoms with E-state index in [0.717, 1.165) is 51.4 Å². The summed E-state index contributed by atoms with van der Waals surface area (Å²) >= 11 is 0. The van der Waals surface area contributed by atoms with E-state index < -0.39 is 11.9 Å². The number of carboxylic acid groups (broad SMARTS) is 2. The number of carbonyl (C=O) groups is 2. The van der Waals surface area contributed by atoms with Gasteiger partial charge in [0.2, 0.25) is 0 Å². The van der Waals surface area contributed by atoms with Gasteiger partial charge in [-0.15, -0.1) is 0 Å². The van der Waals surface area contributed by atoms with Crippen LogP contribution < -0.4 is 0 Å². The van der Waals surface area contributed by atoms with E-state index >= 15 is 0 Å².